The number of carbonyl (C=O) groups excluding carboxylic acids is 1. The van der Waals surface area contributed by atoms with Crippen LogP contribution >= 0.6 is 34.8 Å². The van der Waals surface area contributed by atoms with E-state index in [2.05, 4.69) is 0 Å². The van der Waals surface area contributed by atoms with Crippen LogP contribution in [0.25, 0.3) is 0 Å². The highest BCUT2D eigenvalue weighted by Gasteiger charge is 2.15. The predicted molar refractivity (Wildman–Crippen MR) is 55.7 cm³/mol. The molecule has 0 radical (unpaired) electrons. The van der Waals surface area contributed by atoms with Crippen molar-refractivity contribution in [2.45, 2.75) is 12.8 Å². The molecule has 0 aliphatic rings. The van der Waals surface area contributed by atoms with Crippen molar-refractivity contribution in [3.8, 4) is 0 Å². The summed E-state index contributed by atoms with van der Waals surface area (Å²) < 4.78 is 0. The van der Waals surface area contributed by atoms with Gasteiger partial charge >= 0.3 is 0 Å². The van der Waals surface area contributed by atoms with E-state index >= 15 is 0 Å². The summed E-state index contributed by atoms with van der Waals surface area (Å²) in [6.45, 7) is 1.70. The maximum atomic E-state index is 10.9. The van der Waals surface area contributed by atoms with Crippen LogP contribution in [0.1, 0.15) is 18.4 Å². The molecule has 70 valence electrons. The van der Waals surface area contributed by atoms with Gasteiger partial charge in [0.25, 0.3) is 0 Å². The van der Waals surface area contributed by atoms with Gasteiger partial charge in [0.15, 0.2) is 0 Å². The van der Waals surface area contributed by atoms with E-state index in [0.29, 0.717) is 15.6 Å². The lowest BCUT2D eigenvalue weighted by molar-refractivity contribution is -0.112. The third-order valence-corrected chi connectivity index (χ3v) is 2.66. The first-order valence-electron chi connectivity index (χ1n) is 3.66. The highest BCUT2D eigenvalue weighted by molar-refractivity contribution is 6.64. The van der Waals surface area contributed by atoms with Crippen molar-refractivity contribution >= 4 is 40.0 Å². The summed E-state index contributed by atoms with van der Waals surface area (Å²) >= 11 is 16.9. The molecular weight excluding hydrogens is 230 g/mol. The van der Waals surface area contributed by atoms with Crippen molar-refractivity contribution in [2.75, 3.05) is 0 Å². The van der Waals surface area contributed by atoms with Gasteiger partial charge in [-0.25, -0.2) is 0 Å². The largest absolute Gasteiger partial charge is 0.281 e. The zero-order valence-corrected chi connectivity index (χ0v) is 9.12. The van der Waals surface area contributed by atoms with E-state index in [1.165, 1.54) is 0 Å². The van der Waals surface area contributed by atoms with Crippen LogP contribution < -0.4 is 0 Å². The Bertz CT molecular complexity index is 336. The fourth-order valence-corrected chi connectivity index (χ4v) is 1.66. The Labute approximate surface area is 91.6 Å². The molecule has 0 spiro atoms. The average Bonchev–Trinajstić information content (AvgIpc) is 2.03. The second kappa shape index (κ2) is 4.32. The molecule has 4 heteroatoms. The summed E-state index contributed by atoms with van der Waals surface area (Å²) in [6.07, 6.45) is 0. The predicted octanol–water partition coefficient (Wildman–Crippen LogP) is 3.86. The molecule has 1 atom stereocenters. The summed E-state index contributed by atoms with van der Waals surface area (Å²) in [4.78, 5) is 10.9. The van der Waals surface area contributed by atoms with E-state index in [1.807, 2.05) is 0 Å². The van der Waals surface area contributed by atoms with Crippen molar-refractivity contribution in [1.29, 1.82) is 0 Å². The van der Waals surface area contributed by atoms with Crippen molar-refractivity contribution < 1.29 is 4.79 Å². The van der Waals surface area contributed by atoms with Gasteiger partial charge in [-0.1, -0.05) is 36.2 Å². The minimum Gasteiger partial charge on any atom is -0.281 e. The van der Waals surface area contributed by atoms with Crippen molar-refractivity contribution in [2.24, 2.45) is 0 Å². The average molecular weight is 238 g/mol. The van der Waals surface area contributed by atoms with Crippen LogP contribution in [0.2, 0.25) is 10.0 Å². The third-order valence-electron chi connectivity index (χ3n) is 1.77. The lowest BCUT2D eigenvalue weighted by Gasteiger charge is -2.08. The standard InChI is InChI=1S/C9H7Cl3O/c1-5(9(12)13)7-3-2-6(10)4-8(7)11/h2-5H,1H3. The molecule has 0 saturated heterocycles. The Kier molecular flexibility index (Phi) is 3.60. The smallest absolute Gasteiger partial charge is 0.228 e. The molecular formula is C9H7Cl3O. The first kappa shape index (κ1) is 10.8. The molecule has 0 saturated carbocycles. The maximum absolute atomic E-state index is 10.9. The molecule has 0 bridgehead atoms. The van der Waals surface area contributed by atoms with E-state index in [4.69, 9.17) is 34.8 Å². The van der Waals surface area contributed by atoms with Crippen LogP contribution in [0.15, 0.2) is 18.2 Å². The molecule has 0 aromatic heterocycles. The van der Waals surface area contributed by atoms with Gasteiger partial charge in [0.2, 0.25) is 5.24 Å². The van der Waals surface area contributed by atoms with Crippen LogP contribution in [0, 0.1) is 0 Å². The van der Waals surface area contributed by atoms with E-state index < -0.39 is 11.2 Å². The number of rotatable bonds is 2. The van der Waals surface area contributed by atoms with Crippen LogP contribution in [0.3, 0.4) is 0 Å². The Hall–Kier alpha value is -0.240. The van der Waals surface area contributed by atoms with Crippen LogP contribution in [0.5, 0.6) is 0 Å². The highest BCUT2D eigenvalue weighted by Crippen LogP contribution is 2.28. The van der Waals surface area contributed by atoms with Crippen molar-refractivity contribution in [1.82, 2.24) is 0 Å². The number of benzene rings is 1. The third kappa shape index (κ3) is 2.60. The normalized spacial score (nSPS) is 12.6. The monoisotopic (exact) mass is 236 g/mol. The Morgan fingerprint density at radius 1 is 1.38 bits per heavy atom. The molecule has 1 rings (SSSR count). The number of hydrogen-bond acceptors (Lipinski definition) is 1. The van der Waals surface area contributed by atoms with Gasteiger partial charge in [-0.3, -0.25) is 4.79 Å². The number of carbonyl (C=O) groups is 1. The van der Waals surface area contributed by atoms with Crippen molar-refractivity contribution in [3.63, 3.8) is 0 Å². The Morgan fingerprint density at radius 2 is 2.00 bits per heavy atom. The topological polar surface area (TPSA) is 17.1 Å². The van der Waals surface area contributed by atoms with Gasteiger partial charge in [0, 0.05) is 10.0 Å². The second-order valence-corrected chi connectivity index (χ2v) is 3.91. The molecule has 1 aromatic carbocycles. The van der Waals surface area contributed by atoms with Gasteiger partial charge in [-0.15, -0.1) is 0 Å². The molecule has 0 aliphatic carbocycles. The zero-order chi connectivity index (χ0) is 10.0. The molecule has 13 heavy (non-hydrogen) atoms. The number of halogens is 3. The van der Waals surface area contributed by atoms with E-state index in [1.54, 1.807) is 25.1 Å². The first-order valence-corrected chi connectivity index (χ1v) is 4.80. The number of hydrogen-bond donors (Lipinski definition) is 0. The molecule has 1 nitrogen and oxygen atoms in total. The lowest BCUT2D eigenvalue weighted by atomic mass is 10.0. The van der Waals surface area contributed by atoms with Gasteiger partial charge in [-0.2, -0.15) is 0 Å². The molecule has 0 N–H and O–H groups in total. The van der Waals surface area contributed by atoms with Crippen LogP contribution in [-0.2, 0) is 4.79 Å². The Morgan fingerprint density at radius 3 is 2.46 bits per heavy atom. The summed E-state index contributed by atoms with van der Waals surface area (Å²) in [5.74, 6) is -0.397. The summed E-state index contributed by atoms with van der Waals surface area (Å²) in [7, 11) is 0. The van der Waals surface area contributed by atoms with Crippen LogP contribution in [0.4, 0.5) is 0 Å². The van der Waals surface area contributed by atoms with Gasteiger partial charge in [0.1, 0.15) is 0 Å². The molecule has 1 aromatic rings. The van der Waals surface area contributed by atoms with E-state index in [0.717, 1.165) is 0 Å². The first-order chi connectivity index (χ1) is 6.02. The fraction of sp³-hybridized carbons (Fsp3) is 0.222. The van der Waals surface area contributed by atoms with Crippen molar-refractivity contribution in [3.05, 3.63) is 33.8 Å². The summed E-state index contributed by atoms with van der Waals surface area (Å²) in [5.41, 5.74) is 0.700. The van der Waals surface area contributed by atoms with Gasteiger partial charge in [-0.05, 0) is 29.3 Å². The van der Waals surface area contributed by atoms with Gasteiger partial charge < -0.3 is 0 Å². The molecule has 1 unspecified atom stereocenters. The van der Waals surface area contributed by atoms with E-state index in [-0.39, 0.29) is 0 Å². The second-order valence-electron chi connectivity index (χ2n) is 2.69. The van der Waals surface area contributed by atoms with E-state index in [9.17, 15) is 4.79 Å². The van der Waals surface area contributed by atoms with Gasteiger partial charge in [0.05, 0.1) is 5.92 Å². The minimum atomic E-state index is -0.427. The SMILES string of the molecule is CC(C(=O)Cl)c1ccc(Cl)cc1Cl. The molecule has 0 heterocycles. The minimum absolute atomic E-state index is 0.397. The molecule has 0 aliphatic heterocycles. The van der Waals surface area contributed by atoms with Crippen LogP contribution in [-0.4, -0.2) is 5.24 Å². The zero-order valence-electron chi connectivity index (χ0n) is 6.85. The lowest BCUT2D eigenvalue weighted by Crippen LogP contribution is -2.02. The molecule has 0 fully saturated rings. The quantitative estimate of drug-likeness (QED) is 0.714. The Balaban J connectivity index is 3.08. The maximum Gasteiger partial charge on any atom is 0.228 e. The molecule has 0 amide bonds. The highest BCUT2D eigenvalue weighted by atomic mass is 35.5. The summed E-state index contributed by atoms with van der Waals surface area (Å²) in [6, 6.07) is 4.98. The fourth-order valence-electron chi connectivity index (χ4n) is 0.975. The summed E-state index contributed by atoms with van der Waals surface area (Å²) in [5, 5.41) is 0.584.